The minimum Gasteiger partial charge on any atom is -0.442 e. The van der Waals surface area contributed by atoms with Gasteiger partial charge in [-0.3, -0.25) is 4.79 Å². The Morgan fingerprint density at radius 3 is 2.42 bits per heavy atom. The van der Waals surface area contributed by atoms with Gasteiger partial charge in [0.25, 0.3) is 12.3 Å². The number of ether oxygens (including phenoxy) is 1. The summed E-state index contributed by atoms with van der Waals surface area (Å²) in [5.41, 5.74) is 0.889. The minimum atomic E-state index is -3.25. The molecule has 1 saturated heterocycles. The van der Waals surface area contributed by atoms with Crippen LogP contribution in [0.25, 0.3) is 11.1 Å². The Labute approximate surface area is 260 Å². The number of hydrogen-bond donors (Lipinski definition) is 1. The quantitative estimate of drug-likeness (QED) is 0.270. The van der Waals surface area contributed by atoms with E-state index in [2.05, 4.69) is 14.7 Å². The highest BCUT2D eigenvalue weighted by molar-refractivity contribution is 7.93. The van der Waals surface area contributed by atoms with E-state index in [9.17, 15) is 31.4 Å². The molecule has 1 atom stereocenters. The summed E-state index contributed by atoms with van der Waals surface area (Å²) >= 11 is 0. The average Bonchev–Trinajstić information content (AvgIpc) is 3.11. The van der Waals surface area contributed by atoms with Crippen molar-refractivity contribution < 1.29 is 36.1 Å². The van der Waals surface area contributed by atoms with E-state index >= 15 is 0 Å². The van der Waals surface area contributed by atoms with E-state index in [1.165, 1.54) is 48.9 Å². The van der Waals surface area contributed by atoms with Crippen molar-refractivity contribution in [1.82, 2.24) is 4.98 Å². The predicted octanol–water partition coefficient (Wildman–Crippen LogP) is 8.26. The number of anilines is 2. The first-order chi connectivity index (χ1) is 21.0. The number of carbonyl (C=O) groups excluding carboxylic acids is 2. The second-order valence-corrected chi connectivity index (χ2v) is 14.2. The topological polar surface area (TPSA) is 101 Å². The van der Waals surface area contributed by atoms with Crippen molar-refractivity contribution in [2.75, 3.05) is 29.6 Å². The van der Waals surface area contributed by atoms with Crippen molar-refractivity contribution in [2.45, 2.75) is 69.8 Å². The van der Waals surface area contributed by atoms with Crippen molar-refractivity contribution in [3.05, 3.63) is 71.4 Å². The first-order valence-electron chi connectivity index (χ1n) is 14.3. The van der Waals surface area contributed by atoms with Crippen LogP contribution in [0.2, 0.25) is 0 Å². The lowest BCUT2D eigenvalue weighted by molar-refractivity contribution is -0.0102. The van der Waals surface area contributed by atoms with E-state index in [4.69, 9.17) is 4.74 Å². The molecule has 13 heteroatoms. The number of alkyl halides is 4. The van der Waals surface area contributed by atoms with Gasteiger partial charge in [0.2, 0.25) is 5.92 Å². The highest BCUT2D eigenvalue weighted by Gasteiger charge is 2.34. The zero-order valence-electron chi connectivity index (χ0n) is 25.7. The van der Waals surface area contributed by atoms with Crippen LogP contribution in [-0.2, 0) is 14.5 Å². The summed E-state index contributed by atoms with van der Waals surface area (Å²) in [6.45, 7) is 6.88. The Hall–Kier alpha value is -4.00. The molecular weight excluding hydrogens is 612 g/mol. The highest BCUT2D eigenvalue weighted by atomic mass is 32.2. The van der Waals surface area contributed by atoms with Crippen LogP contribution in [0, 0.1) is 6.92 Å². The molecule has 1 aliphatic heterocycles. The number of nitrogens with one attached hydrogen (secondary N) is 1. The molecule has 1 aliphatic rings. The number of amides is 2. The number of hydrogen-bond acceptors (Lipinski definition) is 6. The predicted molar refractivity (Wildman–Crippen MR) is 166 cm³/mol. The monoisotopic (exact) mass is 648 g/mol. The smallest absolute Gasteiger partial charge is 0.442 e. The molecule has 1 unspecified atom stereocenters. The minimum absolute atomic E-state index is 0.0261. The molecule has 4 rings (SSSR count). The Balaban J connectivity index is 1.73. The SMILES string of the molecule is Cc1c(-c2ccc(C(F)F)cc2)cnc(N2CCCC(F)(F)CC2)c1C(=O)Nc1cccc(S(C)(=O)=NC(=O)OC(C)(C)C)c1. The summed E-state index contributed by atoms with van der Waals surface area (Å²) in [5, 5.41) is 2.78. The van der Waals surface area contributed by atoms with Crippen molar-refractivity contribution in [2.24, 2.45) is 4.36 Å². The normalized spacial score (nSPS) is 16.4. The third-order valence-corrected chi connectivity index (χ3v) is 8.83. The fourth-order valence-electron chi connectivity index (χ4n) is 4.95. The molecule has 2 aromatic carbocycles. The third kappa shape index (κ3) is 8.59. The molecule has 0 bridgehead atoms. The molecule has 1 fully saturated rings. The summed E-state index contributed by atoms with van der Waals surface area (Å²) in [7, 11) is -3.25. The molecule has 8 nitrogen and oxygen atoms in total. The molecule has 3 aromatic rings. The van der Waals surface area contributed by atoms with Crippen molar-refractivity contribution >= 4 is 33.2 Å². The Kier molecular flexibility index (Phi) is 9.91. The molecule has 0 aliphatic carbocycles. The molecular formula is C32H36F4N4O4S. The summed E-state index contributed by atoms with van der Waals surface area (Å²) in [5.74, 6) is -3.23. The number of rotatable bonds is 6. The lowest BCUT2D eigenvalue weighted by Crippen LogP contribution is -2.30. The molecule has 2 amide bonds. The maximum atomic E-state index is 14.2. The van der Waals surface area contributed by atoms with Gasteiger partial charge >= 0.3 is 6.09 Å². The van der Waals surface area contributed by atoms with Gasteiger partial charge in [-0.15, -0.1) is 4.36 Å². The molecule has 1 aromatic heterocycles. The van der Waals surface area contributed by atoms with E-state index in [1.807, 2.05) is 0 Å². The molecule has 0 radical (unpaired) electrons. The van der Waals surface area contributed by atoms with Crippen molar-refractivity contribution in [1.29, 1.82) is 0 Å². The second-order valence-electron chi connectivity index (χ2n) is 12.0. The van der Waals surface area contributed by atoms with Crippen molar-refractivity contribution in [3.63, 3.8) is 0 Å². The molecule has 2 heterocycles. The second kappa shape index (κ2) is 13.2. The van der Waals surface area contributed by atoms with Gasteiger partial charge in [-0.1, -0.05) is 30.3 Å². The Bertz CT molecular complexity index is 1700. The Morgan fingerprint density at radius 2 is 1.78 bits per heavy atom. The van der Waals surface area contributed by atoms with Crippen LogP contribution in [0.3, 0.4) is 0 Å². The molecule has 45 heavy (non-hydrogen) atoms. The summed E-state index contributed by atoms with van der Waals surface area (Å²) < 4.78 is 77.0. The highest BCUT2D eigenvalue weighted by Crippen LogP contribution is 2.35. The van der Waals surface area contributed by atoms with Crippen LogP contribution in [0.15, 0.2) is 64.0 Å². The van der Waals surface area contributed by atoms with Gasteiger partial charge in [0.05, 0.1) is 15.3 Å². The van der Waals surface area contributed by atoms with E-state index < -0.39 is 46.1 Å². The van der Waals surface area contributed by atoms with Crippen molar-refractivity contribution in [3.8, 4) is 11.1 Å². The van der Waals surface area contributed by atoms with Gasteiger partial charge in [-0.2, -0.15) is 0 Å². The largest absolute Gasteiger partial charge is 0.442 e. The van der Waals surface area contributed by atoms with Crippen LogP contribution in [0.5, 0.6) is 0 Å². The molecule has 0 spiro atoms. The summed E-state index contributed by atoms with van der Waals surface area (Å²) in [6.07, 6.45) is -1.34. The zero-order valence-corrected chi connectivity index (χ0v) is 26.5. The molecule has 242 valence electrons. The van der Waals surface area contributed by atoms with Gasteiger partial charge in [0, 0.05) is 60.1 Å². The van der Waals surface area contributed by atoms with Crippen LogP contribution < -0.4 is 10.2 Å². The van der Waals surface area contributed by atoms with E-state index in [0.717, 1.165) is 0 Å². The van der Waals surface area contributed by atoms with Crippen LogP contribution in [-0.4, -0.2) is 52.1 Å². The summed E-state index contributed by atoms with van der Waals surface area (Å²) in [4.78, 5) is 32.5. The third-order valence-electron chi connectivity index (χ3n) is 7.21. The lowest BCUT2D eigenvalue weighted by atomic mass is 9.97. The maximum absolute atomic E-state index is 14.2. The van der Waals surface area contributed by atoms with Gasteiger partial charge in [0.1, 0.15) is 11.4 Å². The van der Waals surface area contributed by atoms with Crippen LogP contribution in [0.4, 0.5) is 33.9 Å². The number of halogens is 4. The fraction of sp³-hybridized carbons (Fsp3) is 0.406. The van der Waals surface area contributed by atoms with E-state index in [-0.39, 0.29) is 53.5 Å². The standard InChI is InChI=1S/C32H36F4N4O4S/c1-20-25(21-10-12-22(13-11-21)27(33)34)19-37-28(40-16-7-14-32(35,36)15-17-40)26(20)29(41)38-23-8-6-9-24(18-23)45(5,43)39-30(42)44-31(2,3)4/h6,8-13,18-19,27H,7,14-17H2,1-5H3,(H,38,41). The molecule has 0 saturated carbocycles. The average molecular weight is 649 g/mol. The number of benzene rings is 2. The van der Waals surface area contributed by atoms with Gasteiger partial charge in [-0.05, 0) is 63.4 Å². The first-order valence-corrected chi connectivity index (χ1v) is 16.3. The van der Waals surface area contributed by atoms with E-state index in [1.54, 1.807) is 44.7 Å². The number of pyridine rings is 1. The zero-order chi connectivity index (χ0) is 33.2. The fourth-order valence-corrected chi connectivity index (χ4v) is 6.06. The number of aromatic nitrogens is 1. The van der Waals surface area contributed by atoms with Crippen LogP contribution >= 0.6 is 0 Å². The number of carbonyl (C=O) groups is 2. The van der Waals surface area contributed by atoms with Crippen LogP contribution in [0.1, 0.15) is 67.9 Å². The van der Waals surface area contributed by atoms with Gasteiger partial charge in [0.15, 0.2) is 0 Å². The summed E-state index contributed by atoms with van der Waals surface area (Å²) in [6, 6.07) is 11.6. The maximum Gasteiger partial charge on any atom is 0.442 e. The van der Waals surface area contributed by atoms with Gasteiger partial charge in [-0.25, -0.2) is 31.5 Å². The van der Waals surface area contributed by atoms with Gasteiger partial charge < -0.3 is 15.0 Å². The first kappa shape index (κ1) is 33.9. The van der Waals surface area contributed by atoms with E-state index in [0.29, 0.717) is 16.7 Å². The number of nitrogens with zero attached hydrogens (tertiary/aromatic N) is 3. The Morgan fingerprint density at radius 1 is 1.09 bits per heavy atom. The molecule has 1 N–H and O–H groups in total. The lowest BCUT2D eigenvalue weighted by Gasteiger charge is -2.26.